The molecule has 0 bridgehead atoms. The molecule has 11 nitrogen and oxygen atoms in total. The van der Waals surface area contributed by atoms with Crippen molar-refractivity contribution >= 4 is 21.9 Å². The Hall–Kier alpha value is -4.42. The van der Waals surface area contributed by atoms with Crippen molar-refractivity contribution in [1.82, 2.24) is 25.3 Å². The summed E-state index contributed by atoms with van der Waals surface area (Å²) < 4.78 is 34.9. The summed E-state index contributed by atoms with van der Waals surface area (Å²) in [5.41, 5.74) is 4.05. The summed E-state index contributed by atoms with van der Waals surface area (Å²) in [5.74, 6) is -0.0273. The van der Waals surface area contributed by atoms with Crippen molar-refractivity contribution in [2.45, 2.75) is 91.3 Å². The van der Waals surface area contributed by atoms with Crippen LogP contribution in [-0.2, 0) is 23.0 Å². The highest BCUT2D eigenvalue weighted by Gasteiger charge is 2.22. The summed E-state index contributed by atoms with van der Waals surface area (Å²) in [6.07, 6.45) is 5.52. The van der Waals surface area contributed by atoms with E-state index in [1.165, 1.54) is 18.2 Å². The molecule has 12 heteroatoms. The van der Waals surface area contributed by atoms with Crippen LogP contribution in [0.5, 0.6) is 5.75 Å². The Labute approximate surface area is 277 Å². The van der Waals surface area contributed by atoms with Crippen LogP contribution in [-0.4, -0.2) is 51.6 Å². The first kappa shape index (κ1) is 35.4. The highest BCUT2D eigenvalue weighted by molar-refractivity contribution is 7.92. The molecule has 0 aliphatic rings. The van der Waals surface area contributed by atoms with Crippen molar-refractivity contribution in [3.05, 3.63) is 89.1 Å². The minimum Gasteiger partial charge on any atom is -0.488 e. The number of hydrogen-bond acceptors (Lipinski definition) is 9. The zero-order chi connectivity index (χ0) is 34.4. The van der Waals surface area contributed by atoms with E-state index in [0.29, 0.717) is 42.3 Å². The van der Waals surface area contributed by atoms with Gasteiger partial charge in [0.1, 0.15) is 5.82 Å². The number of anilines is 1. The molecule has 4 aromatic rings. The van der Waals surface area contributed by atoms with Gasteiger partial charge in [-0.1, -0.05) is 45.0 Å². The molecule has 0 saturated heterocycles. The van der Waals surface area contributed by atoms with Gasteiger partial charge in [0, 0.05) is 17.3 Å². The number of benzene rings is 2. The van der Waals surface area contributed by atoms with Crippen LogP contribution in [0.3, 0.4) is 0 Å². The second kappa shape index (κ2) is 15.0. The number of carboxylic acids is 1. The molecule has 2 aromatic heterocycles. The van der Waals surface area contributed by atoms with Crippen molar-refractivity contribution < 1.29 is 23.1 Å². The van der Waals surface area contributed by atoms with Crippen LogP contribution in [0.2, 0.25) is 0 Å². The van der Waals surface area contributed by atoms with Gasteiger partial charge < -0.3 is 15.2 Å². The van der Waals surface area contributed by atoms with Crippen LogP contribution in [0.4, 0.5) is 5.95 Å². The van der Waals surface area contributed by atoms with Crippen LogP contribution >= 0.6 is 0 Å². The minimum atomic E-state index is -4.18. The van der Waals surface area contributed by atoms with Crippen molar-refractivity contribution in [3.8, 4) is 17.0 Å². The number of nitrogens with zero attached hydrogens (tertiary/aromatic N) is 4. The number of rotatable bonds is 14. The van der Waals surface area contributed by atoms with Gasteiger partial charge in [0.15, 0.2) is 5.75 Å². The Kier molecular flexibility index (Phi) is 11.3. The largest absolute Gasteiger partial charge is 0.488 e. The average molecular weight is 661 g/mol. The van der Waals surface area contributed by atoms with Gasteiger partial charge in [-0.15, -0.1) is 0 Å². The number of aryl methyl sites for hydroxylation is 3. The van der Waals surface area contributed by atoms with Crippen LogP contribution in [0.1, 0.15) is 80.5 Å². The molecule has 0 unspecified atom stereocenters. The van der Waals surface area contributed by atoms with Crippen molar-refractivity contribution in [2.75, 3.05) is 4.72 Å². The molecule has 2 heterocycles. The standard InChI is InChI=1S/C35H44N6O5S/c1-22(2)46-28-19-37-31(38-20-28)21-36-27(18-35(5,6)7)15-14-26-17-30(32-23(3)10-8-11-24(32)4)40-34(39-26)41-47(44,45)29-13-9-12-25(16-29)33(42)43/h8-13,16-17,19-20,22,27,36H,14-15,18,21H2,1-7H3,(H,42,43)(H,39,40,41)/t27-/m0/s1. The zero-order valence-corrected chi connectivity index (χ0v) is 28.9. The second-order valence-corrected chi connectivity index (χ2v) is 14.8. The summed E-state index contributed by atoms with van der Waals surface area (Å²) in [6.45, 7) is 14.9. The molecule has 0 aliphatic heterocycles. The third kappa shape index (κ3) is 10.3. The van der Waals surface area contributed by atoms with Crippen LogP contribution in [0.25, 0.3) is 11.3 Å². The molecule has 250 valence electrons. The quantitative estimate of drug-likeness (QED) is 0.139. The predicted octanol–water partition coefficient (Wildman–Crippen LogP) is 6.36. The molecular formula is C35H44N6O5S. The van der Waals surface area contributed by atoms with E-state index in [1.807, 2.05) is 52.0 Å². The third-order valence-corrected chi connectivity index (χ3v) is 8.67. The van der Waals surface area contributed by atoms with E-state index >= 15 is 0 Å². The van der Waals surface area contributed by atoms with Gasteiger partial charge in [0.2, 0.25) is 5.95 Å². The summed E-state index contributed by atoms with van der Waals surface area (Å²) in [7, 11) is -4.18. The normalized spacial score (nSPS) is 12.6. The van der Waals surface area contributed by atoms with Gasteiger partial charge in [-0.3, -0.25) is 0 Å². The molecule has 0 spiro atoms. The van der Waals surface area contributed by atoms with Gasteiger partial charge in [-0.05, 0) is 87.8 Å². The Morgan fingerprint density at radius 3 is 2.26 bits per heavy atom. The summed E-state index contributed by atoms with van der Waals surface area (Å²) in [5, 5.41) is 13.0. The van der Waals surface area contributed by atoms with E-state index < -0.39 is 16.0 Å². The number of nitrogens with one attached hydrogen (secondary N) is 2. The lowest BCUT2D eigenvalue weighted by Gasteiger charge is -2.27. The molecule has 0 fully saturated rings. The maximum Gasteiger partial charge on any atom is 0.335 e. The number of aromatic nitrogens is 4. The molecular weight excluding hydrogens is 616 g/mol. The fraction of sp³-hybridized carbons (Fsp3) is 0.400. The predicted molar refractivity (Wildman–Crippen MR) is 182 cm³/mol. The SMILES string of the molecule is Cc1cccc(C)c1-c1cc(CC[C@@H](CC(C)(C)C)NCc2ncc(OC(C)C)cn2)nc(NS(=O)(=O)c2cccc(C(=O)O)c2)n1. The number of carboxylic acid groups (broad SMARTS) is 1. The van der Waals surface area contributed by atoms with E-state index in [-0.39, 0.29) is 34.0 Å². The molecule has 47 heavy (non-hydrogen) atoms. The first-order valence-corrected chi connectivity index (χ1v) is 17.1. The lowest BCUT2D eigenvalue weighted by Crippen LogP contribution is -2.33. The minimum absolute atomic E-state index is 0.0356. The molecule has 0 aliphatic carbocycles. The van der Waals surface area contributed by atoms with Gasteiger partial charge in [0.25, 0.3) is 10.0 Å². The van der Waals surface area contributed by atoms with Crippen molar-refractivity contribution in [2.24, 2.45) is 5.41 Å². The molecule has 1 atom stereocenters. The Balaban J connectivity index is 1.62. The van der Waals surface area contributed by atoms with E-state index in [9.17, 15) is 18.3 Å². The number of sulfonamides is 1. The van der Waals surface area contributed by atoms with Crippen LogP contribution in [0.15, 0.2) is 65.8 Å². The van der Waals surface area contributed by atoms with Gasteiger partial charge >= 0.3 is 5.97 Å². The smallest absolute Gasteiger partial charge is 0.335 e. The fourth-order valence-corrected chi connectivity index (χ4v) is 6.32. The van der Waals surface area contributed by atoms with Crippen molar-refractivity contribution in [3.63, 3.8) is 0 Å². The third-order valence-electron chi connectivity index (χ3n) is 7.34. The zero-order valence-electron chi connectivity index (χ0n) is 28.0. The molecule has 0 saturated carbocycles. The molecule has 0 amide bonds. The maximum atomic E-state index is 13.4. The van der Waals surface area contributed by atoms with Gasteiger partial charge in [0.05, 0.1) is 41.2 Å². The number of aromatic carboxylic acids is 1. The fourth-order valence-electron chi connectivity index (χ4n) is 5.33. The lowest BCUT2D eigenvalue weighted by molar-refractivity contribution is 0.0696. The average Bonchev–Trinajstić information content (AvgIpc) is 2.98. The van der Waals surface area contributed by atoms with E-state index in [1.54, 1.807) is 12.4 Å². The Morgan fingerprint density at radius 2 is 1.64 bits per heavy atom. The topological polar surface area (TPSA) is 156 Å². The van der Waals surface area contributed by atoms with Gasteiger partial charge in [-0.25, -0.2) is 37.9 Å². The highest BCUT2D eigenvalue weighted by atomic mass is 32.2. The van der Waals surface area contributed by atoms with E-state index in [4.69, 9.17) is 4.74 Å². The lowest BCUT2D eigenvalue weighted by atomic mass is 9.86. The Bertz CT molecular complexity index is 1780. The first-order valence-electron chi connectivity index (χ1n) is 15.6. The second-order valence-electron chi connectivity index (χ2n) is 13.2. The summed E-state index contributed by atoms with van der Waals surface area (Å²) >= 11 is 0. The van der Waals surface area contributed by atoms with Gasteiger partial charge in [-0.2, -0.15) is 0 Å². The van der Waals surface area contributed by atoms with E-state index in [0.717, 1.165) is 29.2 Å². The monoisotopic (exact) mass is 660 g/mol. The van der Waals surface area contributed by atoms with Crippen LogP contribution in [0, 0.1) is 19.3 Å². The molecule has 0 radical (unpaired) electrons. The van der Waals surface area contributed by atoms with E-state index in [2.05, 4.69) is 50.7 Å². The molecule has 2 aromatic carbocycles. The summed E-state index contributed by atoms with van der Waals surface area (Å²) in [4.78, 5) is 29.4. The first-order chi connectivity index (χ1) is 22.1. The maximum absolute atomic E-state index is 13.4. The number of ether oxygens (including phenoxy) is 1. The number of carbonyl (C=O) groups is 1. The number of hydrogen-bond donors (Lipinski definition) is 3. The van der Waals surface area contributed by atoms with Crippen LogP contribution < -0.4 is 14.8 Å². The van der Waals surface area contributed by atoms with Crippen molar-refractivity contribution in [1.29, 1.82) is 0 Å². The summed E-state index contributed by atoms with van der Waals surface area (Å²) in [6, 6.07) is 13.1. The molecule has 3 N–H and O–H groups in total. The Morgan fingerprint density at radius 1 is 0.979 bits per heavy atom. The molecule has 4 rings (SSSR count). The highest BCUT2D eigenvalue weighted by Crippen LogP contribution is 2.29.